The van der Waals surface area contributed by atoms with Gasteiger partial charge in [-0.1, -0.05) is 0 Å². The van der Waals surface area contributed by atoms with Crippen LogP contribution in [0.5, 0.6) is 0 Å². The molecule has 0 heterocycles. The zero-order valence-electron chi connectivity index (χ0n) is 6.78. The maximum Gasteiger partial charge on any atom is 0.329 e. The minimum Gasteiger partial charge on any atom is -0.480 e. The Morgan fingerprint density at radius 2 is 2.33 bits per heavy atom. The molecule has 0 aliphatic heterocycles. The number of rotatable bonds is 3. The van der Waals surface area contributed by atoms with Gasteiger partial charge >= 0.3 is 5.97 Å². The van der Waals surface area contributed by atoms with Crippen LogP contribution in [0.4, 0.5) is 0 Å². The summed E-state index contributed by atoms with van der Waals surface area (Å²) in [5, 5.41) is 8.29. The highest BCUT2D eigenvalue weighted by Crippen LogP contribution is 2.16. The highest BCUT2D eigenvalue weighted by Gasteiger charge is 2.23. The van der Waals surface area contributed by atoms with Crippen molar-refractivity contribution in [2.24, 2.45) is 0 Å². The van der Waals surface area contributed by atoms with Gasteiger partial charge in [-0.15, -0.1) is 0 Å². The number of carbonyl (C=O) groups is 2. The predicted molar refractivity (Wildman–Crippen MR) is 40.9 cm³/mol. The first-order valence-corrected chi connectivity index (χ1v) is 4.06. The summed E-state index contributed by atoms with van der Waals surface area (Å²) in [5.74, 6) is -0.976. The fourth-order valence-corrected chi connectivity index (χ4v) is 1.30. The third-order valence-corrected chi connectivity index (χ3v) is 1.91. The summed E-state index contributed by atoms with van der Waals surface area (Å²) >= 11 is 0. The Hall–Kier alpha value is -0.900. The van der Waals surface area contributed by atoms with Crippen LogP contribution in [-0.2, 0) is 14.3 Å². The highest BCUT2D eigenvalue weighted by atomic mass is 16.5. The van der Waals surface area contributed by atoms with Crippen molar-refractivity contribution in [3.63, 3.8) is 0 Å². The molecule has 1 rings (SSSR count). The Labute approximate surface area is 70.5 Å². The fourth-order valence-electron chi connectivity index (χ4n) is 1.30. The van der Waals surface area contributed by atoms with Gasteiger partial charge in [0.05, 0.1) is 0 Å². The molecule has 1 saturated carbocycles. The van der Waals surface area contributed by atoms with Crippen molar-refractivity contribution in [2.75, 3.05) is 6.61 Å². The van der Waals surface area contributed by atoms with E-state index >= 15 is 0 Å². The molecule has 1 N–H and O–H groups in total. The summed E-state index contributed by atoms with van der Waals surface area (Å²) in [6.45, 7) is -0.365. The average molecular weight is 172 g/mol. The van der Waals surface area contributed by atoms with Crippen molar-refractivity contribution in [1.82, 2.24) is 0 Å². The molecule has 0 saturated heterocycles. The monoisotopic (exact) mass is 172 g/mol. The quantitative estimate of drug-likeness (QED) is 0.677. The maximum absolute atomic E-state index is 11.1. The van der Waals surface area contributed by atoms with Crippen molar-refractivity contribution >= 4 is 11.8 Å². The number of hydrogen-bond donors (Lipinski definition) is 1. The topological polar surface area (TPSA) is 63.6 Å². The highest BCUT2D eigenvalue weighted by molar-refractivity contribution is 5.84. The number of carbonyl (C=O) groups excluding carboxylic acids is 1. The number of Topliss-reactive ketones (excluding diaryl/α,β-unsaturated/α-hetero) is 1. The van der Waals surface area contributed by atoms with E-state index in [-0.39, 0.29) is 12.4 Å². The molecule has 1 atom stereocenters. The molecule has 0 radical (unpaired) electrons. The molecule has 12 heavy (non-hydrogen) atoms. The Bertz CT molecular complexity index is 187. The number of ketones is 1. The van der Waals surface area contributed by atoms with Crippen LogP contribution < -0.4 is 0 Å². The minimum atomic E-state index is -1.02. The van der Waals surface area contributed by atoms with Crippen LogP contribution in [0, 0.1) is 0 Å². The molecule has 0 aromatic rings. The van der Waals surface area contributed by atoms with Crippen molar-refractivity contribution in [2.45, 2.75) is 31.8 Å². The fraction of sp³-hybridized carbons (Fsp3) is 0.750. The van der Waals surface area contributed by atoms with Crippen molar-refractivity contribution in [3.05, 3.63) is 0 Å². The van der Waals surface area contributed by atoms with E-state index in [4.69, 9.17) is 9.84 Å². The predicted octanol–water partition coefficient (Wildman–Crippen LogP) is 0.599. The van der Waals surface area contributed by atoms with Crippen LogP contribution in [0.25, 0.3) is 0 Å². The van der Waals surface area contributed by atoms with E-state index in [1.165, 1.54) is 0 Å². The van der Waals surface area contributed by atoms with Gasteiger partial charge in [0.1, 0.15) is 12.7 Å². The second-order valence-electron chi connectivity index (χ2n) is 2.91. The summed E-state index contributed by atoms with van der Waals surface area (Å²) in [6.07, 6.45) is 2.60. The van der Waals surface area contributed by atoms with Gasteiger partial charge < -0.3 is 9.84 Å². The zero-order chi connectivity index (χ0) is 8.97. The van der Waals surface area contributed by atoms with E-state index < -0.39 is 12.1 Å². The number of ether oxygens (including phenoxy) is 1. The van der Waals surface area contributed by atoms with Gasteiger partial charge in [0.25, 0.3) is 0 Å². The number of aliphatic carboxylic acids is 1. The molecule has 0 aromatic carbocycles. The normalized spacial score (nSPS) is 24.0. The lowest BCUT2D eigenvalue weighted by Crippen LogP contribution is -2.29. The molecule has 0 aromatic heterocycles. The first-order chi connectivity index (χ1) is 5.70. The Kier molecular flexibility index (Phi) is 3.22. The molecule has 4 heteroatoms. The first kappa shape index (κ1) is 9.19. The molecular formula is C8H12O4. The zero-order valence-corrected chi connectivity index (χ0v) is 6.78. The molecule has 0 amide bonds. The Morgan fingerprint density at radius 3 is 2.92 bits per heavy atom. The maximum atomic E-state index is 11.1. The molecule has 1 aliphatic carbocycles. The van der Waals surface area contributed by atoms with E-state index in [2.05, 4.69) is 0 Å². The van der Waals surface area contributed by atoms with Gasteiger partial charge in [0.15, 0.2) is 5.78 Å². The second kappa shape index (κ2) is 4.21. The third kappa shape index (κ3) is 2.62. The van der Waals surface area contributed by atoms with Gasteiger partial charge in [-0.25, -0.2) is 4.79 Å². The summed E-state index contributed by atoms with van der Waals surface area (Å²) < 4.78 is 4.91. The Balaban J connectivity index is 2.29. The number of hydrogen-bond acceptors (Lipinski definition) is 3. The smallest absolute Gasteiger partial charge is 0.329 e. The SMILES string of the molecule is O=C(O)COC1CCCCC1=O. The summed E-state index contributed by atoms with van der Waals surface area (Å²) in [6, 6.07) is 0. The number of carboxylic acid groups (broad SMARTS) is 1. The van der Waals surface area contributed by atoms with Gasteiger partial charge in [-0.05, 0) is 19.3 Å². The van der Waals surface area contributed by atoms with Crippen molar-refractivity contribution in [1.29, 1.82) is 0 Å². The lowest BCUT2D eigenvalue weighted by atomic mass is 9.96. The van der Waals surface area contributed by atoms with Crippen LogP contribution in [0.3, 0.4) is 0 Å². The summed E-state index contributed by atoms with van der Waals surface area (Å²) in [4.78, 5) is 21.2. The van der Waals surface area contributed by atoms with Gasteiger partial charge in [-0.2, -0.15) is 0 Å². The molecule has 0 bridgehead atoms. The molecule has 4 nitrogen and oxygen atoms in total. The van der Waals surface area contributed by atoms with E-state index in [0.29, 0.717) is 12.8 Å². The van der Waals surface area contributed by atoms with Crippen LogP contribution in [0.1, 0.15) is 25.7 Å². The van der Waals surface area contributed by atoms with Gasteiger partial charge in [0.2, 0.25) is 0 Å². The molecule has 68 valence electrons. The standard InChI is InChI=1S/C8H12O4/c9-6-3-1-2-4-7(6)12-5-8(10)11/h7H,1-5H2,(H,10,11). The number of carboxylic acids is 1. The molecule has 1 unspecified atom stereocenters. The summed E-state index contributed by atoms with van der Waals surface area (Å²) in [7, 11) is 0. The van der Waals surface area contributed by atoms with E-state index in [0.717, 1.165) is 12.8 Å². The van der Waals surface area contributed by atoms with Crippen molar-refractivity contribution in [3.8, 4) is 0 Å². The van der Waals surface area contributed by atoms with Crippen LogP contribution in [-0.4, -0.2) is 29.6 Å². The van der Waals surface area contributed by atoms with Crippen LogP contribution in [0.2, 0.25) is 0 Å². The summed E-state index contributed by atoms with van der Waals surface area (Å²) in [5.41, 5.74) is 0. The molecule has 1 aliphatic rings. The van der Waals surface area contributed by atoms with E-state index in [9.17, 15) is 9.59 Å². The van der Waals surface area contributed by atoms with E-state index in [1.54, 1.807) is 0 Å². The van der Waals surface area contributed by atoms with Gasteiger partial charge in [-0.3, -0.25) is 4.79 Å². The average Bonchev–Trinajstić information content (AvgIpc) is 2.03. The van der Waals surface area contributed by atoms with Crippen LogP contribution in [0.15, 0.2) is 0 Å². The largest absolute Gasteiger partial charge is 0.480 e. The third-order valence-electron chi connectivity index (χ3n) is 1.91. The molecular weight excluding hydrogens is 160 g/mol. The van der Waals surface area contributed by atoms with Crippen molar-refractivity contribution < 1.29 is 19.4 Å². The van der Waals surface area contributed by atoms with E-state index in [1.807, 2.05) is 0 Å². The van der Waals surface area contributed by atoms with Crippen LogP contribution >= 0.6 is 0 Å². The lowest BCUT2D eigenvalue weighted by molar-refractivity contribution is -0.148. The van der Waals surface area contributed by atoms with Gasteiger partial charge in [0, 0.05) is 6.42 Å². The molecule has 0 spiro atoms. The lowest BCUT2D eigenvalue weighted by Gasteiger charge is -2.19. The Morgan fingerprint density at radius 1 is 1.58 bits per heavy atom. The first-order valence-electron chi connectivity index (χ1n) is 4.06. The second-order valence-corrected chi connectivity index (χ2v) is 2.91. The molecule has 1 fully saturated rings. The minimum absolute atomic E-state index is 0.0440.